The molecule has 1 aromatic carbocycles. The zero-order valence-corrected chi connectivity index (χ0v) is 25.3. The topological polar surface area (TPSA) is 50.1 Å². The number of hydrogen-bond acceptors (Lipinski definition) is 3. The number of benzene rings is 1. The standard InChI is InChI=1S/C36H51NO2/c1-24(2)25(3)12-13-26(4)30-16-19-36(23-37)33-31(15-18-35(30,36)6)34(5)17-14-29(20-28(34)21-32(33)38)39-22-27-10-8-7-9-11-27/h7-13,24-26,28-31,33H,14-22H2,1-6H3/b13-12+/t25-,26-,28-,29+,30-,31+,33+,34+,35-,36-/m1/s1. The molecule has 3 nitrogen and oxygen atoms in total. The van der Waals surface area contributed by atoms with Crippen LogP contribution in [0, 0.1) is 69.0 Å². The summed E-state index contributed by atoms with van der Waals surface area (Å²) >= 11 is 0. The van der Waals surface area contributed by atoms with Crippen molar-refractivity contribution < 1.29 is 9.53 Å². The van der Waals surface area contributed by atoms with Gasteiger partial charge in [-0.3, -0.25) is 4.79 Å². The maximum Gasteiger partial charge on any atom is 0.138 e. The number of allylic oxidation sites excluding steroid dienone is 2. The molecule has 0 bridgehead atoms. The number of Topliss-reactive ketones (excluding diaryl/α,β-unsaturated/α-hetero) is 1. The number of ether oxygens (including phenoxy) is 1. The zero-order valence-electron chi connectivity index (χ0n) is 25.3. The highest BCUT2D eigenvalue weighted by molar-refractivity contribution is 5.84. The lowest BCUT2D eigenvalue weighted by molar-refractivity contribution is -0.173. The number of nitrogens with zero attached hydrogens (tertiary/aromatic N) is 1. The summed E-state index contributed by atoms with van der Waals surface area (Å²) in [5.41, 5.74) is 0.736. The molecule has 0 unspecified atom stereocenters. The highest BCUT2D eigenvalue weighted by Crippen LogP contribution is 2.72. The van der Waals surface area contributed by atoms with Crippen molar-refractivity contribution in [2.45, 2.75) is 106 Å². The molecule has 4 fully saturated rings. The average molecular weight is 530 g/mol. The quantitative estimate of drug-likeness (QED) is 0.332. The molecule has 212 valence electrons. The van der Waals surface area contributed by atoms with Gasteiger partial charge in [-0.25, -0.2) is 0 Å². The number of rotatable bonds is 7. The number of carbonyl (C=O) groups excluding carboxylic acids is 1. The van der Waals surface area contributed by atoms with Gasteiger partial charge in [0.2, 0.25) is 0 Å². The van der Waals surface area contributed by atoms with Gasteiger partial charge in [-0.1, -0.05) is 84.0 Å². The summed E-state index contributed by atoms with van der Waals surface area (Å²) in [7, 11) is 0. The lowest BCUT2D eigenvalue weighted by atomic mass is 9.40. The second kappa shape index (κ2) is 10.8. The molecule has 3 heteroatoms. The fraction of sp³-hybridized carbons (Fsp3) is 0.722. The summed E-state index contributed by atoms with van der Waals surface area (Å²) in [6.45, 7) is 14.7. The van der Waals surface area contributed by atoms with E-state index in [0.717, 1.165) is 44.9 Å². The molecule has 4 aliphatic rings. The molecular weight excluding hydrogens is 478 g/mol. The number of ketones is 1. The summed E-state index contributed by atoms with van der Waals surface area (Å²) in [6, 6.07) is 13.3. The Kier molecular flexibility index (Phi) is 7.93. The van der Waals surface area contributed by atoms with Crippen LogP contribution in [-0.2, 0) is 16.1 Å². The van der Waals surface area contributed by atoms with Gasteiger partial charge in [-0.05, 0) is 96.8 Å². The minimum atomic E-state index is -0.516. The van der Waals surface area contributed by atoms with Crippen molar-refractivity contribution in [2.24, 2.45) is 57.7 Å². The molecule has 0 saturated heterocycles. The van der Waals surface area contributed by atoms with E-state index in [1.54, 1.807) is 0 Å². The molecule has 39 heavy (non-hydrogen) atoms. The summed E-state index contributed by atoms with van der Waals surface area (Å²) in [5.74, 6) is 3.08. The number of carbonyl (C=O) groups is 1. The first-order valence-corrected chi connectivity index (χ1v) is 15.8. The van der Waals surface area contributed by atoms with Crippen molar-refractivity contribution in [1.82, 2.24) is 0 Å². The van der Waals surface area contributed by atoms with E-state index in [1.165, 1.54) is 5.56 Å². The van der Waals surface area contributed by atoms with Gasteiger partial charge in [0, 0.05) is 12.3 Å². The van der Waals surface area contributed by atoms with Crippen LogP contribution in [0.2, 0.25) is 0 Å². The third kappa shape index (κ3) is 4.73. The summed E-state index contributed by atoms with van der Waals surface area (Å²) in [5, 5.41) is 10.9. The molecule has 10 atom stereocenters. The fourth-order valence-electron chi connectivity index (χ4n) is 9.71. The van der Waals surface area contributed by atoms with Gasteiger partial charge in [0.15, 0.2) is 0 Å². The van der Waals surface area contributed by atoms with Gasteiger partial charge in [0.1, 0.15) is 5.78 Å². The second-order valence-electron chi connectivity index (χ2n) is 14.7. The summed E-state index contributed by atoms with van der Waals surface area (Å²) in [6.07, 6.45) is 13.0. The Labute approximate surface area is 237 Å². The predicted octanol–water partition coefficient (Wildman–Crippen LogP) is 8.79. The minimum absolute atomic E-state index is 0.0946. The van der Waals surface area contributed by atoms with Gasteiger partial charge in [0.05, 0.1) is 24.2 Å². The Balaban J connectivity index is 1.34. The van der Waals surface area contributed by atoms with E-state index in [0.29, 0.717) is 54.3 Å². The number of nitriles is 1. The molecule has 4 saturated carbocycles. The lowest BCUT2D eigenvalue weighted by Crippen LogP contribution is -2.61. The third-order valence-electron chi connectivity index (χ3n) is 12.7. The van der Waals surface area contributed by atoms with Crippen LogP contribution in [0.3, 0.4) is 0 Å². The Morgan fingerprint density at radius 2 is 1.77 bits per heavy atom. The van der Waals surface area contributed by atoms with Crippen LogP contribution < -0.4 is 0 Å². The van der Waals surface area contributed by atoms with Crippen LogP contribution in [0.4, 0.5) is 0 Å². The van der Waals surface area contributed by atoms with Crippen molar-refractivity contribution in [3.05, 3.63) is 48.0 Å². The van der Waals surface area contributed by atoms with E-state index in [-0.39, 0.29) is 22.9 Å². The van der Waals surface area contributed by atoms with Gasteiger partial charge < -0.3 is 4.74 Å². The number of hydrogen-bond donors (Lipinski definition) is 0. The van der Waals surface area contributed by atoms with Crippen molar-refractivity contribution >= 4 is 5.78 Å². The van der Waals surface area contributed by atoms with E-state index in [1.807, 2.05) is 6.07 Å². The maximum absolute atomic E-state index is 14.1. The Morgan fingerprint density at radius 3 is 2.46 bits per heavy atom. The van der Waals surface area contributed by atoms with Crippen LogP contribution in [0.5, 0.6) is 0 Å². The Morgan fingerprint density at radius 1 is 1.03 bits per heavy atom. The van der Waals surface area contributed by atoms with Crippen LogP contribution in [0.15, 0.2) is 42.5 Å². The third-order valence-corrected chi connectivity index (χ3v) is 12.7. The van der Waals surface area contributed by atoms with Crippen molar-refractivity contribution in [1.29, 1.82) is 5.26 Å². The molecule has 0 spiro atoms. The molecule has 0 radical (unpaired) electrons. The molecule has 0 aromatic heterocycles. The van der Waals surface area contributed by atoms with Crippen LogP contribution in [0.25, 0.3) is 0 Å². The molecule has 0 amide bonds. The first kappa shape index (κ1) is 28.6. The van der Waals surface area contributed by atoms with E-state index in [4.69, 9.17) is 4.74 Å². The zero-order chi connectivity index (χ0) is 28.0. The largest absolute Gasteiger partial charge is 0.374 e. The molecule has 5 rings (SSSR count). The monoisotopic (exact) mass is 529 g/mol. The number of fused-ring (bicyclic) bond motifs is 5. The highest BCUT2D eigenvalue weighted by Gasteiger charge is 2.70. The van der Waals surface area contributed by atoms with Crippen LogP contribution in [-0.4, -0.2) is 11.9 Å². The fourth-order valence-corrected chi connectivity index (χ4v) is 9.71. The molecule has 0 aliphatic heterocycles. The lowest BCUT2D eigenvalue weighted by Gasteiger charge is -2.62. The van der Waals surface area contributed by atoms with E-state index < -0.39 is 5.41 Å². The Hall–Kier alpha value is -1.92. The second-order valence-corrected chi connectivity index (χ2v) is 14.7. The minimum Gasteiger partial charge on any atom is -0.374 e. The summed E-state index contributed by atoms with van der Waals surface area (Å²) in [4.78, 5) is 14.1. The highest BCUT2D eigenvalue weighted by atomic mass is 16.5. The molecule has 1 aromatic rings. The van der Waals surface area contributed by atoms with Gasteiger partial charge in [0.25, 0.3) is 0 Å². The first-order chi connectivity index (χ1) is 18.6. The molecule has 4 aliphatic carbocycles. The van der Waals surface area contributed by atoms with E-state index in [9.17, 15) is 10.1 Å². The Bertz CT molecular complexity index is 1100. The predicted molar refractivity (Wildman–Crippen MR) is 157 cm³/mol. The average Bonchev–Trinajstić information content (AvgIpc) is 3.24. The van der Waals surface area contributed by atoms with Gasteiger partial charge >= 0.3 is 0 Å². The van der Waals surface area contributed by atoms with E-state index in [2.05, 4.69) is 84.0 Å². The van der Waals surface area contributed by atoms with Crippen LogP contribution >= 0.6 is 0 Å². The van der Waals surface area contributed by atoms with Crippen molar-refractivity contribution in [3.8, 4) is 6.07 Å². The first-order valence-electron chi connectivity index (χ1n) is 15.8. The summed E-state index contributed by atoms with van der Waals surface area (Å²) < 4.78 is 6.39. The smallest absolute Gasteiger partial charge is 0.138 e. The molecule has 0 heterocycles. The SMILES string of the molecule is CC(C)[C@H](C)/C=C/[C@@H](C)[C@H]1CC[C@@]2(C#N)[C@@H]3C(=O)C[C@H]4C[C@@H](OCc5ccccc5)CC[C@]4(C)[C@H]3CC[C@]12C. The van der Waals surface area contributed by atoms with Crippen molar-refractivity contribution in [3.63, 3.8) is 0 Å². The van der Waals surface area contributed by atoms with Crippen molar-refractivity contribution in [2.75, 3.05) is 0 Å². The van der Waals surface area contributed by atoms with Gasteiger partial charge in [-0.2, -0.15) is 5.26 Å². The normalized spacial score (nSPS) is 41.5. The van der Waals surface area contributed by atoms with E-state index >= 15 is 0 Å². The molecule has 0 N–H and O–H groups in total. The van der Waals surface area contributed by atoms with Crippen LogP contribution in [0.1, 0.15) is 98.5 Å². The maximum atomic E-state index is 14.1. The van der Waals surface area contributed by atoms with Gasteiger partial charge in [-0.15, -0.1) is 0 Å². The molecular formula is C36H51NO2.